The molecule has 5 saturated carbocycles. The van der Waals surface area contributed by atoms with Crippen LogP contribution in [0.3, 0.4) is 0 Å². The van der Waals surface area contributed by atoms with Crippen molar-refractivity contribution >= 4 is 39.0 Å². The van der Waals surface area contributed by atoms with E-state index in [-0.39, 0.29) is 80.3 Å². The lowest BCUT2D eigenvalue weighted by Gasteiger charge is -2.68. The highest BCUT2D eigenvalue weighted by Crippen LogP contribution is 2.79. The summed E-state index contributed by atoms with van der Waals surface area (Å²) in [5, 5.41) is 117. The van der Waals surface area contributed by atoms with Crippen molar-refractivity contribution in [3.63, 3.8) is 0 Å². The fourth-order valence-corrected chi connectivity index (χ4v) is 23.6. The number of benzene rings is 1. The summed E-state index contributed by atoms with van der Waals surface area (Å²) in [4.78, 5) is 34.3. The highest BCUT2D eigenvalue weighted by Gasteiger charge is 2.82. The Morgan fingerprint density at radius 2 is 1.73 bits per heavy atom. The second-order valence-electron chi connectivity index (χ2n) is 27.7. The number of aryl methyl sites for hydroxylation is 1. The van der Waals surface area contributed by atoms with Crippen molar-refractivity contribution in [1.82, 2.24) is 5.32 Å². The van der Waals surface area contributed by atoms with Crippen LogP contribution < -0.4 is 10.2 Å². The number of carbonyl (C=O) groups is 2. The Morgan fingerprint density at radius 3 is 2.48 bits per heavy atom. The number of phenolic OH excluding ortho intramolecular Hbond substituents is 1. The molecule has 2 saturated heterocycles. The molecule has 5 aliphatic heterocycles. The number of phenols is 1. The summed E-state index contributed by atoms with van der Waals surface area (Å²) < 4.78 is 11.8. The summed E-state index contributed by atoms with van der Waals surface area (Å²) in [5.41, 5.74) is -12.6. The Labute approximate surface area is 473 Å². The summed E-state index contributed by atoms with van der Waals surface area (Å²) in [7, 11) is 4.16. The molecule has 0 radical (unpaired) electrons. The molecular formula is C62H88N2O13S2. The Kier molecular flexibility index (Phi) is 14.4. The molecule has 79 heavy (non-hydrogen) atoms. The van der Waals surface area contributed by atoms with E-state index in [2.05, 4.69) is 44.3 Å². The minimum absolute atomic E-state index is 0.0443. The number of carbonyl (C=O) groups excluding carboxylic acids is 2. The van der Waals surface area contributed by atoms with Gasteiger partial charge in [-0.2, -0.15) is 0 Å². The van der Waals surface area contributed by atoms with Crippen LogP contribution in [0.5, 0.6) is 5.75 Å². The van der Waals surface area contributed by atoms with Crippen LogP contribution in [-0.2, 0) is 25.5 Å². The van der Waals surface area contributed by atoms with E-state index in [1.165, 1.54) is 10.8 Å². The van der Waals surface area contributed by atoms with E-state index in [9.17, 15) is 46.0 Å². The summed E-state index contributed by atoms with van der Waals surface area (Å²) >= 11 is 0. The largest absolute Gasteiger partial charge is 0.508 e. The summed E-state index contributed by atoms with van der Waals surface area (Å²) in [6.45, 7) is 9.29. The van der Waals surface area contributed by atoms with E-state index in [1.54, 1.807) is 30.2 Å². The monoisotopic (exact) mass is 1130 g/mol. The average Bonchev–Trinajstić information content (AvgIpc) is 2.37. The van der Waals surface area contributed by atoms with Crippen LogP contribution in [0.2, 0.25) is 0 Å². The zero-order valence-corrected chi connectivity index (χ0v) is 48.5. The molecule has 1 amide bonds. The third-order valence-corrected chi connectivity index (χ3v) is 27.2. The topological polar surface area (TPSA) is 253 Å². The molecule has 8 bridgehead atoms. The van der Waals surface area contributed by atoms with Gasteiger partial charge in [-0.3, -0.25) is 9.59 Å². The molecule has 13 aliphatic rings. The number of fused-ring (bicyclic) bond motifs is 1. The van der Waals surface area contributed by atoms with E-state index in [1.807, 2.05) is 19.1 Å². The second kappa shape index (κ2) is 19.9. The summed E-state index contributed by atoms with van der Waals surface area (Å²) in [5.74, 6) is -2.45. The van der Waals surface area contributed by atoms with Crippen molar-refractivity contribution in [1.29, 1.82) is 0 Å². The van der Waals surface area contributed by atoms with Gasteiger partial charge in [0.05, 0.1) is 48.0 Å². The van der Waals surface area contributed by atoms with Gasteiger partial charge in [0.15, 0.2) is 5.78 Å². The van der Waals surface area contributed by atoms with Gasteiger partial charge in [0.2, 0.25) is 5.91 Å². The zero-order chi connectivity index (χ0) is 56.1. The number of ketones is 1. The number of aliphatic hydroxyl groups is 8. The molecule has 5 heterocycles. The number of hydrogen-bond donors (Lipinski definition) is 10. The first kappa shape index (κ1) is 57.1. The molecule has 436 valence electrons. The first-order valence-corrected chi connectivity index (χ1v) is 32.3. The molecule has 0 aromatic heterocycles. The van der Waals surface area contributed by atoms with Gasteiger partial charge in [0.25, 0.3) is 0 Å². The Hall–Kier alpha value is -2.36. The Morgan fingerprint density at radius 1 is 0.949 bits per heavy atom. The highest BCUT2D eigenvalue weighted by atomic mass is 33.1. The molecule has 7 fully saturated rings. The number of nitrogens with zero attached hydrogens (tertiary/aromatic N) is 1. The van der Waals surface area contributed by atoms with Crippen molar-refractivity contribution in [3.05, 3.63) is 59.7 Å². The number of nitrogens with one attached hydrogen (secondary N) is 1. The predicted octanol–water partition coefficient (Wildman–Crippen LogP) is 5.61. The smallest absolute Gasteiger partial charge is 0.235 e. The normalized spacial score (nSPS) is 48.9. The number of unbranched alkanes of at least 4 members (excludes halogenated alkanes) is 1. The molecule has 0 unspecified atom stereocenters. The van der Waals surface area contributed by atoms with Crippen LogP contribution in [0.25, 0.3) is 0 Å². The molecule has 4 spiro atoms. The fraction of sp³-hybridized carbons (Fsp3) is 0.774. The molecule has 15 nitrogen and oxygen atoms in total. The molecule has 21 atom stereocenters. The van der Waals surface area contributed by atoms with Crippen LogP contribution in [0, 0.1) is 79.8 Å². The number of hydrogen-bond acceptors (Lipinski definition) is 16. The van der Waals surface area contributed by atoms with E-state index < -0.39 is 109 Å². The minimum Gasteiger partial charge on any atom is -0.508 e. The Bertz CT molecular complexity index is 2670. The lowest BCUT2D eigenvalue weighted by Crippen LogP contribution is -2.72. The number of anilines is 1. The van der Waals surface area contributed by atoms with Crippen molar-refractivity contribution in [3.8, 4) is 5.75 Å². The first-order chi connectivity index (χ1) is 37.6. The van der Waals surface area contributed by atoms with Gasteiger partial charge >= 0.3 is 0 Å². The van der Waals surface area contributed by atoms with Crippen molar-refractivity contribution in [2.75, 3.05) is 57.2 Å². The van der Waals surface area contributed by atoms with Crippen LogP contribution >= 0.6 is 21.6 Å². The van der Waals surface area contributed by atoms with Gasteiger partial charge in [-0.15, -0.1) is 0 Å². The van der Waals surface area contributed by atoms with E-state index >= 15 is 9.59 Å². The number of epoxide rings is 1. The maximum Gasteiger partial charge on any atom is 0.235 e. The lowest BCUT2D eigenvalue weighted by atomic mass is 9.38. The van der Waals surface area contributed by atoms with Gasteiger partial charge in [-0.05, 0) is 166 Å². The summed E-state index contributed by atoms with van der Waals surface area (Å²) in [6, 6.07) is 5.31. The predicted molar refractivity (Wildman–Crippen MR) is 301 cm³/mol. The van der Waals surface area contributed by atoms with E-state index in [4.69, 9.17) is 9.47 Å². The molecule has 17 heteroatoms. The number of amides is 1. The lowest BCUT2D eigenvalue weighted by molar-refractivity contribution is -0.235. The van der Waals surface area contributed by atoms with E-state index in [0.717, 1.165) is 30.2 Å². The summed E-state index contributed by atoms with van der Waals surface area (Å²) in [6.07, 6.45) is 12.2. The number of methoxy groups -OCH3 is 1. The van der Waals surface area contributed by atoms with Gasteiger partial charge < -0.3 is 65.6 Å². The Balaban J connectivity index is 1.03. The molecule has 1 aromatic rings. The van der Waals surface area contributed by atoms with Gasteiger partial charge in [0.1, 0.15) is 28.5 Å². The third-order valence-electron chi connectivity index (χ3n) is 24.5. The number of aliphatic hydroxyl groups excluding tert-OH is 5. The number of rotatable bonds is 12. The molecule has 8 aliphatic carbocycles. The SMILES string of the molecule is COCCCCNC[C@H]1C[C@H]2C=C[C@@]3(CO)CCC[C@@H]4CSS[C@H](O)[C@@]56C[C@@H](O)[C@](O)(CO)C[C@]5(C)[C@H]5C[C@H]7C=CC[C@](O)([C@@H]8O[C@H]8[C@H](C)C(C)C)[C@H]8CC[C@@](O)(C5=CC6=O)[C@]78CCc5cc(O)cc(c5)N5C[C@@]2([C@H]1O)[C@]43C5=O. The first-order valence-electron chi connectivity index (χ1n) is 29.9. The van der Waals surface area contributed by atoms with E-state index in [0.29, 0.717) is 87.1 Å². The fourth-order valence-electron chi connectivity index (χ4n) is 20.5. The van der Waals surface area contributed by atoms with Crippen LogP contribution in [0.4, 0.5) is 5.69 Å². The molecule has 14 rings (SSSR count). The molecular weight excluding hydrogens is 1040 g/mol. The van der Waals surface area contributed by atoms with Crippen molar-refractivity contribution < 1.29 is 65.0 Å². The van der Waals surface area contributed by atoms with Gasteiger partial charge in [-0.25, -0.2) is 0 Å². The minimum atomic E-state index is -2.04. The van der Waals surface area contributed by atoms with Crippen molar-refractivity contribution in [2.45, 2.75) is 164 Å². The molecule has 1 aromatic carbocycles. The van der Waals surface area contributed by atoms with Gasteiger partial charge in [0, 0.05) is 66.5 Å². The number of ether oxygens (including phenoxy) is 2. The van der Waals surface area contributed by atoms with Crippen LogP contribution in [-0.4, -0.2) is 157 Å². The van der Waals surface area contributed by atoms with Crippen molar-refractivity contribution in [2.24, 2.45) is 79.8 Å². The maximum absolute atomic E-state index is 16.6. The quantitative estimate of drug-likeness (QED) is 0.0528. The number of allylic oxidation sites excluding steroid dienone is 3. The van der Waals surface area contributed by atoms with Crippen LogP contribution in [0.15, 0.2) is 54.2 Å². The molecule has 10 N–H and O–H groups in total. The number of aromatic hydroxyl groups is 1. The highest BCUT2D eigenvalue weighted by molar-refractivity contribution is 8.76. The van der Waals surface area contributed by atoms with Gasteiger partial charge in [-0.1, -0.05) is 80.0 Å². The third kappa shape index (κ3) is 7.51. The second-order valence-corrected chi connectivity index (χ2v) is 30.2. The van der Waals surface area contributed by atoms with Crippen LogP contribution in [0.1, 0.15) is 117 Å². The standard InChI is InChI=1S/C62H88N2O13S2/c1-35(2)36(3)49-51(77-49)60(74)16-9-10-39-25-44-45-27-47(68)58(28-48(69)56(73,34-66)31-54(44,58)4)53(72)79-78-30-41-11-8-15-55(33-65)17-13-40-24-38(29-63-20-6-7-21-76-5)50(70)59(40)32-64(52(71)62(41,55)59)42-22-37(23-43(67)26-42)12-18-57(39)46(60)14-19-61(45,57)75/h9-10,13,17,22-23,26-27,35-36,38-41,44,46,48-51,53,63,65-67,69-70,72-75H,6-8,11-12,14-16,18-21,24-25,28-34H2,1-5H3/t36-,38-,39-,40-,41-,44+,46+,48-,49+,50+,51-,53+,54-,55-,56-,57-,58+,59-,60-,61-,62+/m1/s1. The maximum atomic E-state index is 16.6. The zero-order valence-electron chi connectivity index (χ0n) is 46.9. The average molecular weight is 1130 g/mol.